The zero-order valence-electron chi connectivity index (χ0n) is 16.6. The second kappa shape index (κ2) is 9.14. The first-order chi connectivity index (χ1) is 14.0. The van der Waals surface area contributed by atoms with E-state index in [2.05, 4.69) is 5.32 Å². The number of nitrogens with one attached hydrogen (secondary N) is 1. The number of hydrogen-bond donors (Lipinski definition) is 1. The maximum absolute atomic E-state index is 12.3. The quantitative estimate of drug-likeness (QED) is 0.587. The van der Waals surface area contributed by atoms with Gasteiger partial charge in [-0.2, -0.15) is 0 Å². The van der Waals surface area contributed by atoms with Gasteiger partial charge in [-0.3, -0.25) is 9.59 Å². The molecule has 3 aromatic rings. The van der Waals surface area contributed by atoms with Crippen LogP contribution in [0, 0.1) is 0 Å². The molecule has 0 aliphatic heterocycles. The van der Waals surface area contributed by atoms with E-state index in [1.807, 2.05) is 30.3 Å². The normalized spacial score (nSPS) is 11.7. The summed E-state index contributed by atoms with van der Waals surface area (Å²) in [7, 11) is 3.17. The summed E-state index contributed by atoms with van der Waals surface area (Å²) in [6.45, 7) is 1.87. The van der Waals surface area contributed by atoms with Crippen LogP contribution in [0.2, 0.25) is 0 Å². The number of benzene rings is 2. The third-order valence-electron chi connectivity index (χ3n) is 4.50. The van der Waals surface area contributed by atoms with Crippen molar-refractivity contribution < 1.29 is 28.2 Å². The Labute approximate surface area is 168 Å². The first-order valence-electron chi connectivity index (χ1n) is 9.14. The van der Waals surface area contributed by atoms with Gasteiger partial charge in [0.05, 0.1) is 26.9 Å². The summed E-state index contributed by atoms with van der Waals surface area (Å²) >= 11 is 0. The van der Waals surface area contributed by atoms with E-state index in [9.17, 15) is 9.59 Å². The van der Waals surface area contributed by atoms with Gasteiger partial charge in [-0.25, -0.2) is 0 Å². The lowest BCUT2D eigenvalue weighted by molar-refractivity contribution is -0.154. The minimum absolute atomic E-state index is 0.00935. The molecule has 0 radical (unpaired) electrons. The van der Waals surface area contributed by atoms with Crippen LogP contribution in [-0.4, -0.2) is 32.2 Å². The molecule has 7 nitrogen and oxygen atoms in total. The summed E-state index contributed by atoms with van der Waals surface area (Å²) in [5.41, 5.74) is 2.23. The lowest BCUT2D eigenvalue weighted by atomic mass is 10.1. The van der Waals surface area contributed by atoms with Gasteiger partial charge in [0, 0.05) is 23.6 Å². The van der Waals surface area contributed by atoms with E-state index < -0.39 is 12.1 Å². The van der Waals surface area contributed by atoms with Crippen molar-refractivity contribution in [2.24, 2.45) is 0 Å². The number of carbonyl (C=O) groups excluding carboxylic acids is 2. The van der Waals surface area contributed by atoms with Gasteiger partial charge in [0.25, 0.3) is 5.91 Å². The molecule has 1 N–H and O–H groups in total. The molecule has 3 rings (SSSR count). The Morgan fingerprint density at radius 2 is 1.72 bits per heavy atom. The Balaban J connectivity index is 1.52. The van der Waals surface area contributed by atoms with Gasteiger partial charge in [-0.1, -0.05) is 12.1 Å². The second-order valence-electron chi connectivity index (χ2n) is 6.50. The molecule has 1 atom stereocenters. The van der Waals surface area contributed by atoms with Crippen LogP contribution in [0.25, 0.3) is 11.0 Å². The van der Waals surface area contributed by atoms with Crippen LogP contribution in [0.15, 0.2) is 53.1 Å². The predicted molar refractivity (Wildman–Crippen MR) is 107 cm³/mol. The van der Waals surface area contributed by atoms with Crippen molar-refractivity contribution in [1.82, 2.24) is 5.32 Å². The topological polar surface area (TPSA) is 87.0 Å². The van der Waals surface area contributed by atoms with Crippen molar-refractivity contribution >= 4 is 22.8 Å². The number of carbonyl (C=O) groups is 2. The number of amides is 1. The zero-order valence-corrected chi connectivity index (χ0v) is 16.6. The lowest BCUT2D eigenvalue weighted by Crippen LogP contribution is -2.35. The molecule has 2 aromatic carbocycles. The number of hydrogen-bond acceptors (Lipinski definition) is 6. The van der Waals surface area contributed by atoms with Crippen LogP contribution in [-0.2, 0) is 27.3 Å². The van der Waals surface area contributed by atoms with E-state index in [4.69, 9.17) is 18.6 Å². The molecule has 0 saturated carbocycles. The van der Waals surface area contributed by atoms with Crippen LogP contribution in [0.1, 0.15) is 18.1 Å². The molecule has 0 saturated heterocycles. The number of methoxy groups -OCH3 is 2. The molecule has 0 bridgehead atoms. The van der Waals surface area contributed by atoms with Crippen molar-refractivity contribution in [1.29, 1.82) is 0 Å². The first kappa shape index (κ1) is 20.3. The van der Waals surface area contributed by atoms with Crippen molar-refractivity contribution in [3.63, 3.8) is 0 Å². The monoisotopic (exact) mass is 397 g/mol. The highest BCUT2D eigenvalue weighted by Gasteiger charge is 2.19. The van der Waals surface area contributed by atoms with E-state index in [0.717, 1.165) is 16.7 Å². The molecular weight excluding hydrogens is 374 g/mol. The van der Waals surface area contributed by atoms with Gasteiger partial charge in [0.15, 0.2) is 6.10 Å². The highest BCUT2D eigenvalue weighted by Crippen LogP contribution is 2.26. The van der Waals surface area contributed by atoms with Crippen molar-refractivity contribution in [3.8, 4) is 11.5 Å². The van der Waals surface area contributed by atoms with Crippen LogP contribution in [0.3, 0.4) is 0 Å². The van der Waals surface area contributed by atoms with Gasteiger partial charge in [-0.05, 0) is 36.8 Å². The van der Waals surface area contributed by atoms with E-state index in [0.29, 0.717) is 23.4 Å². The summed E-state index contributed by atoms with van der Waals surface area (Å²) in [5.74, 6) is 0.544. The molecular formula is C22H23NO6. The molecule has 0 unspecified atom stereocenters. The smallest absolute Gasteiger partial charge is 0.311 e. The summed E-state index contributed by atoms with van der Waals surface area (Å²) in [6, 6.07) is 12.7. The molecule has 7 heteroatoms. The third kappa shape index (κ3) is 5.07. The molecule has 1 heterocycles. The number of ether oxygens (including phenoxy) is 3. The van der Waals surface area contributed by atoms with E-state index in [-0.39, 0.29) is 12.3 Å². The Hall–Kier alpha value is -3.48. The number of esters is 1. The average molecular weight is 397 g/mol. The minimum atomic E-state index is -0.904. The zero-order chi connectivity index (χ0) is 20.8. The van der Waals surface area contributed by atoms with Crippen LogP contribution in [0.5, 0.6) is 11.5 Å². The number of furan rings is 1. The van der Waals surface area contributed by atoms with Crippen LogP contribution in [0.4, 0.5) is 0 Å². The van der Waals surface area contributed by atoms with Crippen LogP contribution < -0.4 is 14.8 Å². The standard InChI is InChI=1S/C22H23NO6/c1-14(22(25)23-12-15-4-6-17(26-2)7-5-15)29-21(24)10-16-13-28-20-11-18(27-3)8-9-19(16)20/h4-9,11,13-14H,10,12H2,1-3H3,(H,23,25)/t14-/m0/s1. The molecule has 0 aliphatic rings. The van der Waals surface area contributed by atoms with Gasteiger partial charge >= 0.3 is 5.97 Å². The molecule has 152 valence electrons. The minimum Gasteiger partial charge on any atom is -0.497 e. The van der Waals surface area contributed by atoms with Crippen molar-refractivity contribution in [2.75, 3.05) is 14.2 Å². The Bertz CT molecular complexity index is 992. The third-order valence-corrected chi connectivity index (χ3v) is 4.50. The van der Waals surface area contributed by atoms with E-state index in [1.54, 1.807) is 33.3 Å². The highest BCUT2D eigenvalue weighted by molar-refractivity contribution is 5.88. The Morgan fingerprint density at radius 1 is 1.03 bits per heavy atom. The summed E-state index contributed by atoms with van der Waals surface area (Å²) < 4.78 is 21.0. The maximum atomic E-state index is 12.3. The van der Waals surface area contributed by atoms with Gasteiger partial charge in [0.1, 0.15) is 17.1 Å². The number of rotatable bonds is 8. The van der Waals surface area contributed by atoms with Gasteiger partial charge < -0.3 is 23.9 Å². The van der Waals surface area contributed by atoms with Crippen LogP contribution >= 0.6 is 0 Å². The predicted octanol–water partition coefficient (Wildman–Crippen LogP) is 3.24. The van der Waals surface area contributed by atoms with Gasteiger partial charge in [-0.15, -0.1) is 0 Å². The van der Waals surface area contributed by atoms with Gasteiger partial charge in [0.2, 0.25) is 0 Å². The van der Waals surface area contributed by atoms with Crippen molar-refractivity contribution in [3.05, 3.63) is 59.9 Å². The second-order valence-corrected chi connectivity index (χ2v) is 6.50. The fraction of sp³-hybridized carbons (Fsp3) is 0.273. The number of fused-ring (bicyclic) bond motifs is 1. The fourth-order valence-electron chi connectivity index (χ4n) is 2.85. The molecule has 0 aliphatic carbocycles. The molecule has 1 aromatic heterocycles. The SMILES string of the molecule is COc1ccc(CNC(=O)[C@H](C)OC(=O)Cc2coc3cc(OC)ccc23)cc1. The maximum Gasteiger partial charge on any atom is 0.311 e. The summed E-state index contributed by atoms with van der Waals surface area (Å²) in [5, 5.41) is 3.56. The Morgan fingerprint density at radius 3 is 2.41 bits per heavy atom. The highest BCUT2D eigenvalue weighted by atomic mass is 16.5. The fourth-order valence-corrected chi connectivity index (χ4v) is 2.85. The summed E-state index contributed by atoms with van der Waals surface area (Å²) in [4.78, 5) is 24.5. The molecule has 29 heavy (non-hydrogen) atoms. The average Bonchev–Trinajstić information content (AvgIpc) is 3.13. The van der Waals surface area contributed by atoms with E-state index in [1.165, 1.54) is 6.26 Å². The molecule has 0 spiro atoms. The Kier molecular flexibility index (Phi) is 6.39. The van der Waals surface area contributed by atoms with E-state index >= 15 is 0 Å². The lowest BCUT2D eigenvalue weighted by Gasteiger charge is -2.13. The largest absolute Gasteiger partial charge is 0.497 e. The molecule has 0 fully saturated rings. The molecule has 1 amide bonds. The summed E-state index contributed by atoms with van der Waals surface area (Å²) in [6.07, 6.45) is 0.619. The van der Waals surface area contributed by atoms with Crippen molar-refractivity contribution in [2.45, 2.75) is 26.0 Å². The first-order valence-corrected chi connectivity index (χ1v) is 9.14.